The van der Waals surface area contributed by atoms with E-state index >= 15 is 0 Å². The van der Waals surface area contributed by atoms with Crippen molar-refractivity contribution in [2.75, 3.05) is 18.4 Å². The summed E-state index contributed by atoms with van der Waals surface area (Å²) in [5, 5.41) is 9.08. The molecule has 1 atom stereocenters. The van der Waals surface area contributed by atoms with Gasteiger partial charge in [-0.25, -0.2) is 0 Å². The Hall–Kier alpha value is -3.08. The Bertz CT molecular complexity index is 877. The SMILES string of the molecule is CC(NC(=O)c1cccc(NCC(=O)NCCC2=CCCCC2)c1)c1ccccc1. The molecule has 0 heterocycles. The zero-order valence-electron chi connectivity index (χ0n) is 17.6. The molecule has 0 saturated heterocycles. The van der Waals surface area contributed by atoms with Crippen molar-refractivity contribution < 1.29 is 9.59 Å². The number of anilines is 1. The zero-order chi connectivity index (χ0) is 21.2. The van der Waals surface area contributed by atoms with Crippen LogP contribution in [-0.2, 0) is 4.79 Å². The van der Waals surface area contributed by atoms with Crippen LogP contribution in [0.3, 0.4) is 0 Å². The van der Waals surface area contributed by atoms with E-state index in [9.17, 15) is 9.59 Å². The highest BCUT2D eigenvalue weighted by Gasteiger charge is 2.12. The van der Waals surface area contributed by atoms with Crippen LogP contribution in [0.15, 0.2) is 66.2 Å². The zero-order valence-corrected chi connectivity index (χ0v) is 17.6. The fraction of sp³-hybridized carbons (Fsp3) is 0.360. The molecule has 2 aromatic rings. The smallest absolute Gasteiger partial charge is 0.251 e. The van der Waals surface area contributed by atoms with Gasteiger partial charge in [-0.1, -0.05) is 48.0 Å². The third-order valence-electron chi connectivity index (χ3n) is 5.38. The van der Waals surface area contributed by atoms with E-state index in [1.54, 1.807) is 12.1 Å². The maximum atomic E-state index is 12.6. The summed E-state index contributed by atoms with van der Waals surface area (Å²) >= 11 is 0. The summed E-state index contributed by atoms with van der Waals surface area (Å²) in [5.74, 6) is -0.181. The highest BCUT2D eigenvalue weighted by atomic mass is 16.2. The molecule has 0 radical (unpaired) electrons. The second-order valence-corrected chi connectivity index (χ2v) is 7.75. The molecule has 0 aromatic heterocycles. The molecule has 0 saturated carbocycles. The number of amides is 2. The van der Waals surface area contributed by atoms with Crippen LogP contribution in [0, 0.1) is 0 Å². The second-order valence-electron chi connectivity index (χ2n) is 7.75. The normalized spacial score (nSPS) is 14.4. The molecule has 0 aliphatic heterocycles. The molecule has 1 aliphatic rings. The molecule has 30 heavy (non-hydrogen) atoms. The minimum absolute atomic E-state index is 0.0426. The standard InChI is InChI=1S/C25H31N3O2/c1-19(21-11-6-3-7-12-21)28-25(30)22-13-8-14-23(17-22)27-18-24(29)26-16-15-20-9-4-2-5-10-20/h3,6-9,11-14,17,19,27H,2,4-5,10,15-16,18H2,1H3,(H,26,29)(H,28,30). The quantitative estimate of drug-likeness (QED) is 0.534. The number of allylic oxidation sites excluding steroid dienone is 1. The first-order valence-electron chi connectivity index (χ1n) is 10.8. The Morgan fingerprint density at radius 1 is 1.03 bits per heavy atom. The summed E-state index contributed by atoms with van der Waals surface area (Å²) in [6.45, 7) is 2.82. The number of benzene rings is 2. The van der Waals surface area contributed by atoms with Gasteiger partial charge in [0.2, 0.25) is 5.91 Å². The van der Waals surface area contributed by atoms with Gasteiger partial charge in [0, 0.05) is 17.8 Å². The van der Waals surface area contributed by atoms with Crippen molar-refractivity contribution in [2.45, 2.75) is 45.1 Å². The van der Waals surface area contributed by atoms with Crippen LogP contribution in [0.1, 0.15) is 61.0 Å². The number of nitrogens with one attached hydrogen (secondary N) is 3. The average molecular weight is 406 g/mol. The molecule has 2 amide bonds. The average Bonchev–Trinajstić information content (AvgIpc) is 2.79. The molecule has 0 spiro atoms. The van der Waals surface area contributed by atoms with Crippen molar-refractivity contribution in [1.29, 1.82) is 0 Å². The van der Waals surface area contributed by atoms with E-state index in [2.05, 4.69) is 22.0 Å². The molecule has 0 bridgehead atoms. The second kappa shape index (κ2) is 11.2. The van der Waals surface area contributed by atoms with Crippen LogP contribution in [0.5, 0.6) is 0 Å². The molecular weight excluding hydrogens is 374 g/mol. The Morgan fingerprint density at radius 3 is 2.63 bits per heavy atom. The van der Waals surface area contributed by atoms with Gasteiger partial charge >= 0.3 is 0 Å². The van der Waals surface area contributed by atoms with Gasteiger partial charge in [-0.2, -0.15) is 0 Å². The number of carbonyl (C=O) groups excluding carboxylic acids is 2. The molecule has 1 aliphatic carbocycles. The number of hydrogen-bond donors (Lipinski definition) is 3. The van der Waals surface area contributed by atoms with Crippen LogP contribution in [0.4, 0.5) is 5.69 Å². The fourth-order valence-corrected chi connectivity index (χ4v) is 3.61. The number of carbonyl (C=O) groups is 2. The Labute approximate surface area is 179 Å². The number of rotatable bonds is 9. The van der Waals surface area contributed by atoms with Crippen LogP contribution < -0.4 is 16.0 Å². The Balaban J connectivity index is 1.44. The highest BCUT2D eigenvalue weighted by Crippen LogP contribution is 2.19. The van der Waals surface area contributed by atoms with Gasteiger partial charge in [0.05, 0.1) is 12.6 Å². The summed E-state index contributed by atoms with van der Waals surface area (Å²) in [6, 6.07) is 17.0. The van der Waals surface area contributed by atoms with Gasteiger partial charge in [0.1, 0.15) is 0 Å². The summed E-state index contributed by atoms with van der Waals surface area (Å²) in [7, 11) is 0. The van der Waals surface area contributed by atoms with E-state index in [1.165, 1.54) is 24.8 Å². The third-order valence-corrected chi connectivity index (χ3v) is 5.38. The minimum atomic E-state index is -0.139. The first-order chi connectivity index (χ1) is 14.6. The molecular formula is C25H31N3O2. The van der Waals surface area contributed by atoms with Crippen molar-refractivity contribution in [2.24, 2.45) is 0 Å². The van der Waals surface area contributed by atoms with Crippen molar-refractivity contribution in [3.8, 4) is 0 Å². The van der Waals surface area contributed by atoms with Crippen molar-refractivity contribution >= 4 is 17.5 Å². The van der Waals surface area contributed by atoms with Crippen molar-refractivity contribution in [3.05, 3.63) is 77.4 Å². The monoisotopic (exact) mass is 405 g/mol. The lowest BCUT2D eigenvalue weighted by Gasteiger charge is -2.15. The molecule has 0 fully saturated rings. The third kappa shape index (κ3) is 6.76. The highest BCUT2D eigenvalue weighted by molar-refractivity contribution is 5.95. The van der Waals surface area contributed by atoms with E-state index in [0.29, 0.717) is 12.1 Å². The topological polar surface area (TPSA) is 70.2 Å². The van der Waals surface area contributed by atoms with E-state index in [1.807, 2.05) is 49.4 Å². The lowest BCUT2D eigenvalue weighted by Crippen LogP contribution is -2.31. The maximum absolute atomic E-state index is 12.6. The molecule has 1 unspecified atom stereocenters. The van der Waals surface area contributed by atoms with Crippen LogP contribution in [-0.4, -0.2) is 24.9 Å². The van der Waals surface area contributed by atoms with E-state index in [-0.39, 0.29) is 24.4 Å². The lowest BCUT2D eigenvalue weighted by atomic mass is 9.97. The van der Waals surface area contributed by atoms with E-state index < -0.39 is 0 Å². The van der Waals surface area contributed by atoms with E-state index in [0.717, 1.165) is 24.1 Å². The fourth-order valence-electron chi connectivity index (χ4n) is 3.61. The predicted octanol–water partition coefficient (Wildman–Crippen LogP) is 4.60. The summed E-state index contributed by atoms with van der Waals surface area (Å²) in [5.41, 5.74) is 3.83. The van der Waals surface area contributed by atoms with Crippen LogP contribution >= 0.6 is 0 Å². The summed E-state index contributed by atoms with van der Waals surface area (Å²) in [4.78, 5) is 24.7. The maximum Gasteiger partial charge on any atom is 0.251 e. The molecule has 3 rings (SSSR count). The van der Waals surface area contributed by atoms with Gasteiger partial charge in [-0.05, 0) is 62.8 Å². The van der Waals surface area contributed by atoms with Gasteiger partial charge in [0.15, 0.2) is 0 Å². The Morgan fingerprint density at radius 2 is 1.87 bits per heavy atom. The van der Waals surface area contributed by atoms with Crippen molar-refractivity contribution in [1.82, 2.24) is 10.6 Å². The van der Waals surface area contributed by atoms with Crippen molar-refractivity contribution in [3.63, 3.8) is 0 Å². The first kappa shape index (κ1) is 21.6. The molecule has 5 nitrogen and oxygen atoms in total. The number of hydrogen-bond acceptors (Lipinski definition) is 3. The molecule has 158 valence electrons. The molecule has 3 N–H and O–H groups in total. The van der Waals surface area contributed by atoms with Crippen LogP contribution in [0.25, 0.3) is 0 Å². The molecule has 2 aromatic carbocycles. The largest absolute Gasteiger partial charge is 0.376 e. The van der Waals surface area contributed by atoms with Gasteiger partial charge in [-0.3, -0.25) is 9.59 Å². The van der Waals surface area contributed by atoms with Gasteiger partial charge < -0.3 is 16.0 Å². The van der Waals surface area contributed by atoms with Gasteiger partial charge in [-0.15, -0.1) is 0 Å². The van der Waals surface area contributed by atoms with E-state index in [4.69, 9.17) is 0 Å². The first-order valence-corrected chi connectivity index (χ1v) is 10.8. The summed E-state index contributed by atoms with van der Waals surface area (Å²) < 4.78 is 0. The molecule has 5 heteroatoms. The van der Waals surface area contributed by atoms with Crippen LogP contribution in [0.2, 0.25) is 0 Å². The predicted molar refractivity (Wildman–Crippen MR) is 121 cm³/mol. The summed E-state index contributed by atoms with van der Waals surface area (Å²) in [6.07, 6.45) is 8.10. The Kier molecular flexibility index (Phi) is 8.07. The minimum Gasteiger partial charge on any atom is -0.376 e. The lowest BCUT2D eigenvalue weighted by molar-refractivity contribution is -0.119. The van der Waals surface area contributed by atoms with Gasteiger partial charge in [0.25, 0.3) is 5.91 Å².